The molecule has 1 fully saturated rings. The van der Waals surface area contributed by atoms with Crippen molar-refractivity contribution in [1.29, 1.82) is 0 Å². The molecule has 0 amide bonds. The van der Waals surface area contributed by atoms with Gasteiger partial charge in [-0.3, -0.25) is 9.58 Å². The van der Waals surface area contributed by atoms with Gasteiger partial charge in [-0.05, 0) is 35.4 Å². The van der Waals surface area contributed by atoms with Gasteiger partial charge in [0, 0.05) is 25.2 Å². The summed E-state index contributed by atoms with van der Waals surface area (Å²) in [5.74, 6) is 0.817. The number of hydrogen-bond acceptors (Lipinski definition) is 8. The first-order valence-electron chi connectivity index (χ1n) is 10.4. The van der Waals surface area contributed by atoms with Crippen LogP contribution in [0, 0.1) is 0 Å². The maximum absolute atomic E-state index is 10.1. The third kappa shape index (κ3) is 4.56. The predicted octanol–water partition coefficient (Wildman–Crippen LogP) is 0.256. The van der Waals surface area contributed by atoms with Gasteiger partial charge in [0.15, 0.2) is 0 Å². The number of aliphatic hydroxyl groups is 4. The van der Waals surface area contributed by atoms with Crippen molar-refractivity contribution in [2.45, 2.75) is 37.3 Å². The van der Waals surface area contributed by atoms with Crippen molar-refractivity contribution in [2.24, 2.45) is 0 Å². The van der Waals surface area contributed by atoms with E-state index in [4.69, 9.17) is 4.74 Å². The Morgan fingerprint density at radius 2 is 1.81 bits per heavy atom. The van der Waals surface area contributed by atoms with Crippen molar-refractivity contribution < 1.29 is 25.2 Å². The number of likely N-dealkylation sites (tertiary alicyclic amines) is 1. The maximum atomic E-state index is 10.1. The van der Waals surface area contributed by atoms with Crippen LogP contribution in [0.4, 0.5) is 0 Å². The summed E-state index contributed by atoms with van der Waals surface area (Å²) in [6.45, 7) is 1.06. The van der Waals surface area contributed by atoms with Crippen molar-refractivity contribution >= 4 is 10.8 Å². The molecule has 2 aromatic carbocycles. The minimum Gasteiger partial charge on any atom is -0.497 e. The fraction of sp³-hybridized carbons (Fsp3) is 0.455. The van der Waals surface area contributed by atoms with Crippen molar-refractivity contribution in [2.75, 3.05) is 26.8 Å². The summed E-state index contributed by atoms with van der Waals surface area (Å²) in [4.78, 5) is 1.80. The van der Waals surface area contributed by atoms with Crippen molar-refractivity contribution in [3.63, 3.8) is 0 Å². The van der Waals surface area contributed by atoms with Gasteiger partial charge >= 0.3 is 0 Å². The van der Waals surface area contributed by atoms with E-state index in [1.54, 1.807) is 16.7 Å². The number of benzene rings is 2. The van der Waals surface area contributed by atoms with E-state index in [2.05, 4.69) is 16.4 Å². The summed E-state index contributed by atoms with van der Waals surface area (Å²) in [5, 5.41) is 50.0. The Hall–Kier alpha value is -2.56. The standard InChI is InChI=1S/C22H28N4O5/c1-31-17-6-5-14-9-16(4-3-15(14)10-17)18-11-26(24-23-18)8-2-7-25-12-20(28)22(30)21(29)19(25)13-27/h3-6,9-11,19-22,27-30H,2,7-8,12-13H2,1H3/t19-,20+,21-,22-/m1/s1. The van der Waals surface area contributed by atoms with Gasteiger partial charge in [0.1, 0.15) is 23.7 Å². The molecule has 4 N–H and O–H groups in total. The first-order chi connectivity index (χ1) is 15.0. The second-order valence-electron chi connectivity index (χ2n) is 7.94. The van der Waals surface area contributed by atoms with Gasteiger partial charge in [-0.15, -0.1) is 5.10 Å². The van der Waals surface area contributed by atoms with Crippen LogP contribution in [0.25, 0.3) is 22.0 Å². The average molecular weight is 428 g/mol. The molecule has 0 saturated carbocycles. The number of fused-ring (bicyclic) bond motifs is 1. The highest BCUT2D eigenvalue weighted by Crippen LogP contribution is 2.26. The van der Waals surface area contributed by atoms with Crippen LogP contribution in [0.5, 0.6) is 5.75 Å². The summed E-state index contributed by atoms with van der Waals surface area (Å²) in [6, 6.07) is 11.4. The molecule has 1 aromatic heterocycles. The summed E-state index contributed by atoms with van der Waals surface area (Å²) >= 11 is 0. The molecule has 0 spiro atoms. The molecule has 0 aliphatic carbocycles. The van der Waals surface area contributed by atoms with E-state index in [-0.39, 0.29) is 13.2 Å². The quantitative estimate of drug-likeness (QED) is 0.422. The van der Waals surface area contributed by atoms with E-state index >= 15 is 0 Å². The largest absolute Gasteiger partial charge is 0.497 e. The van der Waals surface area contributed by atoms with Gasteiger partial charge in [0.25, 0.3) is 0 Å². The van der Waals surface area contributed by atoms with Gasteiger partial charge in [-0.25, -0.2) is 0 Å². The number of aryl methyl sites for hydroxylation is 1. The first kappa shape index (κ1) is 21.7. The third-order valence-electron chi connectivity index (χ3n) is 5.93. The number of aromatic nitrogens is 3. The van der Waals surface area contributed by atoms with E-state index in [1.165, 1.54) is 0 Å². The van der Waals surface area contributed by atoms with Crippen LogP contribution in [0.2, 0.25) is 0 Å². The molecule has 1 aliphatic heterocycles. The molecule has 166 valence electrons. The number of nitrogens with zero attached hydrogens (tertiary/aromatic N) is 4. The molecule has 1 aliphatic rings. The van der Waals surface area contributed by atoms with Crippen LogP contribution in [0.15, 0.2) is 42.6 Å². The van der Waals surface area contributed by atoms with Crippen LogP contribution in [-0.2, 0) is 6.54 Å². The van der Waals surface area contributed by atoms with Crippen LogP contribution in [0.1, 0.15) is 6.42 Å². The molecular formula is C22H28N4O5. The molecule has 0 radical (unpaired) electrons. The molecule has 9 nitrogen and oxygen atoms in total. The Morgan fingerprint density at radius 3 is 2.58 bits per heavy atom. The fourth-order valence-corrected chi connectivity index (χ4v) is 4.12. The van der Waals surface area contributed by atoms with E-state index in [0.29, 0.717) is 19.5 Å². The van der Waals surface area contributed by atoms with Gasteiger partial charge in [0.2, 0.25) is 0 Å². The molecule has 2 heterocycles. The topological polar surface area (TPSA) is 124 Å². The SMILES string of the molecule is COc1ccc2cc(-c3cn(CCCN4C[C@H](O)[C@@H](O)[C@H](O)[C@H]4CO)nn3)ccc2c1. The highest BCUT2D eigenvalue weighted by Gasteiger charge is 2.40. The molecule has 0 bridgehead atoms. The molecule has 4 atom stereocenters. The average Bonchev–Trinajstić information content (AvgIpc) is 3.26. The lowest BCUT2D eigenvalue weighted by Crippen LogP contribution is -2.62. The van der Waals surface area contributed by atoms with Crippen LogP contribution >= 0.6 is 0 Å². The Morgan fingerprint density at radius 1 is 1.03 bits per heavy atom. The molecule has 3 aromatic rings. The zero-order valence-corrected chi connectivity index (χ0v) is 17.4. The van der Waals surface area contributed by atoms with Gasteiger partial charge < -0.3 is 25.2 Å². The minimum absolute atomic E-state index is 0.202. The molecule has 4 rings (SSSR count). The summed E-state index contributed by atoms with van der Waals surface area (Å²) in [6.07, 6.45) is -0.887. The Bertz CT molecular complexity index is 1030. The third-order valence-corrected chi connectivity index (χ3v) is 5.93. The zero-order valence-electron chi connectivity index (χ0n) is 17.4. The van der Waals surface area contributed by atoms with Gasteiger partial charge in [0.05, 0.1) is 32.1 Å². The summed E-state index contributed by atoms with van der Waals surface area (Å²) in [7, 11) is 1.65. The van der Waals surface area contributed by atoms with E-state index in [9.17, 15) is 20.4 Å². The Labute approximate surface area is 180 Å². The maximum Gasteiger partial charge on any atom is 0.119 e. The first-order valence-corrected chi connectivity index (χ1v) is 10.4. The number of rotatable bonds is 7. The van der Waals surface area contributed by atoms with Crippen molar-refractivity contribution in [3.05, 3.63) is 42.6 Å². The fourth-order valence-electron chi connectivity index (χ4n) is 4.12. The Balaban J connectivity index is 1.39. The van der Waals surface area contributed by atoms with E-state index < -0.39 is 24.4 Å². The smallest absolute Gasteiger partial charge is 0.119 e. The van der Waals surface area contributed by atoms with Crippen LogP contribution in [0.3, 0.4) is 0 Å². The highest BCUT2D eigenvalue weighted by molar-refractivity contribution is 5.87. The Kier molecular flexibility index (Phi) is 6.49. The lowest BCUT2D eigenvalue weighted by molar-refractivity contribution is -0.145. The monoisotopic (exact) mass is 428 g/mol. The number of aliphatic hydroxyl groups excluding tert-OH is 4. The van der Waals surface area contributed by atoms with Crippen LogP contribution < -0.4 is 4.74 Å². The normalized spacial score (nSPS) is 24.5. The highest BCUT2D eigenvalue weighted by atomic mass is 16.5. The predicted molar refractivity (Wildman–Crippen MR) is 115 cm³/mol. The number of ether oxygens (including phenoxy) is 1. The molecule has 1 saturated heterocycles. The molecule has 0 unspecified atom stereocenters. The van der Waals surface area contributed by atoms with Crippen LogP contribution in [-0.4, -0.2) is 91.5 Å². The number of hydrogen-bond donors (Lipinski definition) is 4. The molecule has 9 heteroatoms. The second kappa shape index (κ2) is 9.29. The van der Waals surface area contributed by atoms with E-state index in [0.717, 1.165) is 27.8 Å². The molecule has 31 heavy (non-hydrogen) atoms. The second-order valence-corrected chi connectivity index (χ2v) is 7.94. The lowest BCUT2D eigenvalue weighted by Gasteiger charge is -2.43. The number of methoxy groups -OCH3 is 1. The summed E-state index contributed by atoms with van der Waals surface area (Å²) < 4.78 is 7.03. The van der Waals surface area contributed by atoms with Crippen molar-refractivity contribution in [1.82, 2.24) is 19.9 Å². The number of β-amino-alcohol motifs (C(OH)–C–C–N with tert-alkyl or cyclic N) is 1. The van der Waals surface area contributed by atoms with E-state index in [1.807, 2.05) is 36.5 Å². The number of piperidine rings is 1. The zero-order chi connectivity index (χ0) is 22.0. The van der Waals surface area contributed by atoms with Crippen molar-refractivity contribution in [3.8, 4) is 17.0 Å². The lowest BCUT2D eigenvalue weighted by atomic mass is 9.94. The minimum atomic E-state index is -1.24. The summed E-state index contributed by atoms with van der Waals surface area (Å²) in [5.41, 5.74) is 1.75. The van der Waals surface area contributed by atoms with Gasteiger partial charge in [-0.1, -0.05) is 23.4 Å². The molecular weight excluding hydrogens is 400 g/mol. The van der Waals surface area contributed by atoms with Gasteiger partial charge in [-0.2, -0.15) is 0 Å².